The van der Waals surface area contributed by atoms with E-state index in [1.807, 2.05) is 19.9 Å². The van der Waals surface area contributed by atoms with E-state index in [-0.39, 0.29) is 23.1 Å². The van der Waals surface area contributed by atoms with Gasteiger partial charge in [-0.25, -0.2) is 0 Å². The van der Waals surface area contributed by atoms with Crippen LogP contribution in [0.3, 0.4) is 0 Å². The van der Waals surface area contributed by atoms with Crippen molar-refractivity contribution in [3.05, 3.63) is 45.6 Å². The van der Waals surface area contributed by atoms with Crippen LogP contribution < -0.4 is 0 Å². The largest absolute Gasteiger partial charge is 0.501 e. The number of hydrogen-bond acceptors (Lipinski definition) is 3. The Labute approximate surface area is 127 Å². The summed E-state index contributed by atoms with van der Waals surface area (Å²) >= 11 is 3.37. The Morgan fingerprint density at radius 3 is 2.65 bits per heavy atom. The number of Topliss-reactive ketones (excluding diaryl/α,β-unsaturated/α-hetero) is 2. The molecule has 4 heteroatoms. The zero-order valence-electron chi connectivity index (χ0n) is 11.6. The summed E-state index contributed by atoms with van der Waals surface area (Å²) in [7, 11) is 0. The van der Waals surface area contributed by atoms with Crippen LogP contribution in [-0.4, -0.2) is 18.2 Å². The molecule has 1 fully saturated rings. The van der Waals surface area contributed by atoms with Gasteiger partial charge in [-0.05, 0) is 50.5 Å². The Balaban J connectivity index is 2.32. The van der Waals surface area contributed by atoms with Gasteiger partial charge in [0.1, 0.15) is 5.57 Å². The number of halogens is 1. The minimum absolute atomic E-state index is 0.00131. The Bertz CT molecular complexity index is 571. The third-order valence-electron chi connectivity index (χ3n) is 3.26. The highest BCUT2D eigenvalue weighted by molar-refractivity contribution is 9.10. The lowest BCUT2D eigenvalue weighted by molar-refractivity contribution is -0.116. The van der Waals surface area contributed by atoms with Crippen molar-refractivity contribution in [3.63, 3.8) is 0 Å². The SMILES string of the molecule is CCOC=C(C(=O)c1ccc(Br)cc1C)C(=O)C1CC1. The summed E-state index contributed by atoms with van der Waals surface area (Å²) in [5.74, 6) is -0.340. The molecule has 0 heterocycles. The molecule has 20 heavy (non-hydrogen) atoms. The quantitative estimate of drug-likeness (QED) is 0.260. The monoisotopic (exact) mass is 336 g/mol. The maximum Gasteiger partial charge on any atom is 0.199 e. The second-order valence-corrected chi connectivity index (χ2v) is 5.83. The van der Waals surface area contributed by atoms with E-state index in [9.17, 15) is 9.59 Å². The standard InChI is InChI=1S/C16H17BrO3/c1-3-20-9-14(15(18)11-4-5-11)16(19)13-7-6-12(17)8-10(13)2/h6-9,11H,3-5H2,1-2H3. The minimum Gasteiger partial charge on any atom is -0.501 e. The molecule has 0 unspecified atom stereocenters. The molecule has 106 valence electrons. The normalized spacial score (nSPS) is 15.1. The van der Waals surface area contributed by atoms with Crippen molar-refractivity contribution in [3.8, 4) is 0 Å². The zero-order chi connectivity index (χ0) is 14.7. The minimum atomic E-state index is -0.250. The third kappa shape index (κ3) is 3.37. The van der Waals surface area contributed by atoms with Gasteiger partial charge >= 0.3 is 0 Å². The Hall–Kier alpha value is -1.42. The van der Waals surface area contributed by atoms with Crippen molar-refractivity contribution >= 4 is 27.5 Å². The number of benzene rings is 1. The predicted molar refractivity (Wildman–Crippen MR) is 80.6 cm³/mol. The summed E-state index contributed by atoms with van der Waals surface area (Å²) in [6.07, 6.45) is 3.06. The number of carbonyl (C=O) groups is 2. The van der Waals surface area contributed by atoms with Gasteiger partial charge < -0.3 is 4.74 Å². The molecule has 0 N–H and O–H groups in total. The smallest absolute Gasteiger partial charge is 0.199 e. The molecule has 3 nitrogen and oxygen atoms in total. The lowest BCUT2D eigenvalue weighted by atomic mass is 9.96. The summed E-state index contributed by atoms with van der Waals surface area (Å²) in [4.78, 5) is 24.8. The van der Waals surface area contributed by atoms with Crippen LogP contribution in [0.4, 0.5) is 0 Å². The molecule has 1 aliphatic carbocycles. The molecule has 0 bridgehead atoms. The fourth-order valence-electron chi connectivity index (χ4n) is 1.98. The van der Waals surface area contributed by atoms with Gasteiger partial charge in [0.05, 0.1) is 12.9 Å². The van der Waals surface area contributed by atoms with Crippen LogP contribution in [-0.2, 0) is 9.53 Å². The molecule has 1 aromatic carbocycles. The lowest BCUT2D eigenvalue weighted by Gasteiger charge is -2.08. The van der Waals surface area contributed by atoms with Gasteiger partial charge in [-0.2, -0.15) is 0 Å². The first kappa shape index (κ1) is 15.0. The summed E-state index contributed by atoms with van der Waals surface area (Å²) in [5.41, 5.74) is 1.56. The predicted octanol–water partition coefficient (Wildman–Crippen LogP) is 3.84. The highest BCUT2D eigenvalue weighted by Gasteiger charge is 2.35. The molecule has 1 saturated carbocycles. The molecule has 0 atom stereocenters. The van der Waals surface area contributed by atoms with Gasteiger partial charge in [0.2, 0.25) is 0 Å². The Kier molecular flexibility index (Phi) is 4.76. The van der Waals surface area contributed by atoms with Crippen molar-refractivity contribution in [2.75, 3.05) is 6.61 Å². The fraction of sp³-hybridized carbons (Fsp3) is 0.375. The van der Waals surface area contributed by atoms with Crippen LogP contribution in [0.25, 0.3) is 0 Å². The highest BCUT2D eigenvalue weighted by atomic mass is 79.9. The van der Waals surface area contributed by atoms with Gasteiger partial charge in [0.15, 0.2) is 11.6 Å². The highest BCUT2D eigenvalue weighted by Crippen LogP contribution is 2.33. The number of aryl methyl sites for hydroxylation is 1. The van der Waals surface area contributed by atoms with Crippen LogP contribution >= 0.6 is 15.9 Å². The number of rotatable bonds is 6. The number of hydrogen-bond donors (Lipinski definition) is 0. The van der Waals surface area contributed by atoms with E-state index >= 15 is 0 Å². The average molecular weight is 337 g/mol. The summed E-state index contributed by atoms with van der Waals surface area (Å²) in [5, 5.41) is 0. The van der Waals surface area contributed by atoms with Crippen LogP contribution in [0.1, 0.15) is 35.7 Å². The molecule has 2 rings (SSSR count). The average Bonchev–Trinajstić information content (AvgIpc) is 3.22. The van der Waals surface area contributed by atoms with E-state index in [0.717, 1.165) is 22.9 Å². The van der Waals surface area contributed by atoms with Gasteiger partial charge in [-0.15, -0.1) is 0 Å². The van der Waals surface area contributed by atoms with E-state index < -0.39 is 0 Å². The van der Waals surface area contributed by atoms with Gasteiger partial charge in [0.25, 0.3) is 0 Å². The van der Waals surface area contributed by atoms with Crippen molar-refractivity contribution in [2.24, 2.45) is 5.92 Å². The maximum absolute atomic E-state index is 12.6. The van der Waals surface area contributed by atoms with E-state index in [1.54, 1.807) is 12.1 Å². The van der Waals surface area contributed by atoms with E-state index in [1.165, 1.54) is 6.26 Å². The Morgan fingerprint density at radius 2 is 2.10 bits per heavy atom. The zero-order valence-corrected chi connectivity index (χ0v) is 13.2. The second kappa shape index (κ2) is 6.35. The molecule has 0 aliphatic heterocycles. The lowest BCUT2D eigenvalue weighted by Crippen LogP contribution is -2.16. The number of allylic oxidation sites excluding steroid dienone is 1. The van der Waals surface area contributed by atoms with Crippen LogP contribution in [0, 0.1) is 12.8 Å². The van der Waals surface area contributed by atoms with Gasteiger partial charge in [0, 0.05) is 16.0 Å². The summed E-state index contributed by atoms with van der Waals surface area (Å²) in [6, 6.07) is 5.41. The van der Waals surface area contributed by atoms with Crippen molar-refractivity contribution in [2.45, 2.75) is 26.7 Å². The van der Waals surface area contributed by atoms with E-state index in [2.05, 4.69) is 15.9 Å². The molecular formula is C16H17BrO3. The van der Waals surface area contributed by atoms with Crippen molar-refractivity contribution in [1.82, 2.24) is 0 Å². The first-order chi connectivity index (χ1) is 9.54. The molecule has 0 amide bonds. The molecule has 0 spiro atoms. The van der Waals surface area contributed by atoms with Crippen LogP contribution in [0.2, 0.25) is 0 Å². The first-order valence-corrected chi connectivity index (χ1v) is 7.50. The summed E-state index contributed by atoms with van der Waals surface area (Å²) < 4.78 is 6.10. The maximum atomic E-state index is 12.6. The van der Waals surface area contributed by atoms with Crippen LogP contribution in [0.5, 0.6) is 0 Å². The molecule has 1 aromatic rings. The Morgan fingerprint density at radius 1 is 1.40 bits per heavy atom. The second-order valence-electron chi connectivity index (χ2n) is 4.91. The topological polar surface area (TPSA) is 43.4 Å². The van der Waals surface area contributed by atoms with Crippen LogP contribution in [0.15, 0.2) is 34.5 Å². The molecule has 0 aromatic heterocycles. The van der Waals surface area contributed by atoms with Crippen molar-refractivity contribution in [1.29, 1.82) is 0 Å². The van der Waals surface area contributed by atoms with Crippen molar-refractivity contribution < 1.29 is 14.3 Å². The molecular weight excluding hydrogens is 320 g/mol. The number of ether oxygens (including phenoxy) is 1. The van der Waals surface area contributed by atoms with E-state index in [4.69, 9.17) is 4.74 Å². The first-order valence-electron chi connectivity index (χ1n) is 6.71. The van der Waals surface area contributed by atoms with E-state index in [0.29, 0.717) is 12.2 Å². The van der Waals surface area contributed by atoms with Gasteiger partial charge in [-0.3, -0.25) is 9.59 Å². The summed E-state index contributed by atoms with van der Waals surface area (Å²) in [6.45, 7) is 4.12. The van der Waals surface area contributed by atoms with Gasteiger partial charge in [-0.1, -0.05) is 15.9 Å². The fourth-order valence-corrected chi connectivity index (χ4v) is 2.46. The number of ketones is 2. The third-order valence-corrected chi connectivity index (χ3v) is 3.75. The molecule has 0 radical (unpaired) electrons. The number of carbonyl (C=O) groups excluding carboxylic acids is 2. The molecule has 1 aliphatic rings. The molecule has 0 saturated heterocycles.